The first-order chi connectivity index (χ1) is 17.8. The summed E-state index contributed by atoms with van der Waals surface area (Å²) in [6, 6.07) is 10.6. The molecule has 0 amide bonds. The van der Waals surface area contributed by atoms with E-state index in [1.807, 2.05) is 0 Å². The normalized spacial score (nSPS) is 13.6. The molecule has 0 aliphatic carbocycles. The number of alkyl halides is 3. The summed E-state index contributed by atoms with van der Waals surface area (Å²) in [5.74, 6) is 0.0288. The zero-order valence-electron chi connectivity index (χ0n) is 19.3. The number of aliphatic hydroxyl groups is 2. The van der Waals surface area contributed by atoms with E-state index in [2.05, 4.69) is 10.1 Å². The third-order valence-electron chi connectivity index (χ3n) is 5.51. The molecular formula is C23H18Cl4F3N5O3. The smallest absolute Gasteiger partial charge is 0.385 e. The average Bonchev–Trinajstić information content (AvgIpc) is 3.34. The maximum absolute atomic E-state index is 13.3. The van der Waals surface area contributed by atoms with E-state index in [0.29, 0.717) is 5.02 Å². The van der Waals surface area contributed by atoms with E-state index in [9.17, 15) is 28.2 Å². The number of halogens is 7. The van der Waals surface area contributed by atoms with E-state index in [-0.39, 0.29) is 50.3 Å². The highest BCUT2D eigenvalue weighted by Crippen LogP contribution is 2.32. The van der Waals surface area contributed by atoms with Crippen LogP contribution in [0.25, 0.3) is 16.9 Å². The van der Waals surface area contributed by atoms with Crippen molar-refractivity contribution in [3.05, 3.63) is 84.8 Å². The van der Waals surface area contributed by atoms with Crippen molar-refractivity contribution in [1.29, 1.82) is 0 Å². The summed E-state index contributed by atoms with van der Waals surface area (Å²) in [5.41, 5.74) is -0.498. The van der Waals surface area contributed by atoms with Crippen LogP contribution in [0.4, 0.5) is 13.2 Å². The fourth-order valence-electron chi connectivity index (χ4n) is 3.73. The molecule has 2 atom stereocenters. The first kappa shape index (κ1) is 28.5. The van der Waals surface area contributed by atoms with Crippen LogP contribution in [0.1, 0.15) is 24.7 Å². The third kappa shape index (κ3) is 5.58. The molecule has 0 aliphatic rings. The van der Waals surface area contributed by atoms with Gasteiger partial charge in [0.2, 0.25) is 0 Å². The van der Waals surface area contributed by atoms with Gasteiger partial charge in [0.1, 0.15) is 16.9 Å². The molecule has 0 saturated carbocycles. The molecule has 4 aromatic rings. The fraction of sp³-hybridized carbons (Fsp3) is 0.261. The quantitative estimate of drug-likeness (QED) is 0.286. The SMILES string of the molecule is CC(O)c1nc(Cn2c(Cl)c(-c3ccc(Cl)cc3)n(CC(O)C(F)(F)F)c2=O)nn1-c1c(Cl)cccc1Cl. The van der Waals surface area contributed by atoms with E-state index >= 15 is 0 Å². The Balaban J connectivity index is 1.85. The molecule has 15 heteroatoms. The molecule has 0 bridgehead atoms. The Labute approximate surface area is 233 Å². The Kier molecular flexibility index (Phi) is 8.17. The Hall–Kier alpha value is -2.54. The van der Waals surface area contributed by atoms with E-state index < -0.39 is 30.6 Å². The van der Waals surface area contributed by atoms with Gasteiger partial charge in [-0.05, 0) is 31.2 Å². The Morgan fingerprint density at radius 1 is 0.974 bits per heavy atom. The molecular weight excluding hydrogens is 593 g/mol. The number of aromatic nitrogens is 5. The monoisotopic (exact) mass is 609 g/mol. The van der Waals surface area contributed by atoms with Gasteiger partial charge in [0.25, 0.3) is 0 Å². The Morgan fingerprint density at radius 3 is 2.13 bits per heavy atom. The van der Waals surface area contributed by atoms with Crippen molar-refractivity contribution in [3.8, 4) is 16.9 Å². The lowest BCUT2D eigenvalue weighted by Gasteiger charge is -2.16. The number of nitrogens with zero attached hydrogens (tertiary/aromatic N) is 5. The first-order valence-electron chi connectivity index (χ1n) is 10.9. The molecule has 2 N–H and O–H groups in total. The van der Waals surface area contributed by atoms with Crippen molar-refractivity contribution in [1.82, 2.24) is 23.9 Å². The fourth-order valence-corrected chi connectivity index (χ4v) is 4.76. The van der Waals surface area contributed by atoms with Crippen LogP contribution in [0.5, 0.6) is 0 Å². The molecule has 2 heterocycles. The Bertz CT molecular complexity index is 1510. The minimum atomic E-state index is -4.98. The van der Waals surface area contributed by atoms with Gasteiger partial charge in [-0.1, -0.05) is 64.6 Å². The summed E-state index contributed by atoms with van der Waals surface area (Å²) in [5, 5.41) is 24.9. The molecule has 2 aromatic heterocycles. The van der Waals surface area contributed by atoms with Crippen LogP contribution in [-0.2, 0) is 13.1 Å². The van der Waals surface area contributed by atoms with Crippen LogP contribution in [-0.4, -0.2) is 46.4 Å². The lowest BCUT2D eigenvalue weighted by Crippen LogP contribution is -2.37. The van der Waals surface area contributed by atoms with Crippen LogP contribution in [0.2, 0.25) is 20.2 Å². The van der Waals surface area contributed by atoms with E-state index in [1.165, 1.54) is 35.9 Å². The standard InChI is InChI=1S/C23H18Cl4F3N5O3/c1-11(36)21-31-17(32-35(21)19-14(25)3-2-4-15(19)26)10-34-20(27)18(12-5-7-13(24)8-6-12)33(22(34)38)9-16(37)23(28,29)30/h2-8,11,16,36-37H,9-10H2,1H3. The molecule has 0 aliphatic heterocycles. The summed E-state index contributed by atoms with van der Waals surface area (Å²) >= 11 is 25.0. The van der Waals surface area contributed by atoms with Gasteiger partial charge in [0.15, 0.2) is 17.8 Å². The lowest BCUT2D eigenvalue weighted by molar-refractivity contribution is -0.207. The number of aliphatic hydroxyl groups excluding tert-OH is 2. The maximum atomic E-state index is 13.3. The van der Waals surface area contributed by atoms with Gasteiger partial charge < -0.3 is 10.2 Å². The molecule has 0 fully saturated rings. The number of hydrogen-bond donors (Lipinski definition) is 2. The van der Waals surface area contributed by atoms with E-state index in [4.69, 9.17) is 46.4 Å². The summed E-state index contributed by atoms with van der Waals surface area (Å²) < 4.78 is 42.4. The molecule has 4 rings (SSSR count). The van der Waals surface area contributed by atoms with Crippen LogP contribution in [0, 0.1) is 0 Å². The summed E-state index contributed by atoms with van der Waals surface area (Å²) in [6.45, 7) is -0.0625. The zero-order chi connectivity index (χ0) is 27.9. The summed E-state index contributed by atoms with van der Waals surface area (Å²) in [7, 11) is 0. The van der Waals surface area contributed by atoms with Gasteiger partial charge >= 0.3 is 11.9 Å². The highest BCUT2D eigenvalue weighted by Gasteiger charge is 2.39. The van der Waals surface area contributed by atoms with Crippen molar-refractivity contribution in [3.63, 3.8) is 0 Å². The second-order valence-electron chi connectivity index (χ2n) is 8.23. The number of hydrogen-bond acceptors (Lipinski definition) is 5. The predicted octanol–water partition coefficient (Wildman–Crippen LogP) is 5.54. The molecule has 0 saturated heterocycles. The number of benzene rings is 2. The van der Waals surface area contributed by atoms with Crippen LogP contribution < -0.4 is 5.69 Å². The van der Waals surface area contributed by atoms with Gasteiger partial charge in [-0.15, -0.1) is 5.10 Å². The number of para-hydroxylation sites is 1. The molecule has 2 unspecified atom stereocenters. The topological polar surface area (TPSA) is 98.1 Å². The zero-order valence-corrected chi connectivity index (χ0v) is 22.3. The van der Waals surface area contributed by atoms with Crippen LogP contribution in [0.3, 0.4) is 0 Å². The molecule has 202 valence electrons. The molecule has 2 aromatic carbocycles. The van der Waals surface area contributed by atoms with Crippen molar-refractivity contribution in [2.24, 2.45) is 0 Å². The minimum Gasteiger partial charge on any atom is -0.385 e. The van der Waals surface area contributed by atoms with Gasteiger partial charge in [0.05, 0.1) is 28.8 Å². The molecule has 8 nitrogen and oxygen atoms in total. The highest BCUT2D eigenvalue weighted by atomic mass is 35.5. The largest absolute Gasteiger partial charge is 0.416 e. The van der Waals surface area contributed by atoms with Gasteiger partial charge in [-0.3, -0.25) is 9.13 Å². The second kappa shape index (κ2) is 10.9. The van der Waals surface area contributed by atoms with Gasteiger partial charge in [-0.2, -0.15) is 13.2 Å². The van der Waals surface area contributed by atoms with Crippen molar-refractivity contribution < 1.29 is 23.4 Å². The molecule has 0 radical (unpaired) electrons. The third-order valence-corrected chi connectivity index (χ3v) is 6.76. The summed E-state index contributed by atoms with van der Waals surface area (Å²) in [4.78, 5) is 17.6. The number of rotatable bonds is 7. The van der Waals surface area contributed by atoms with Crippen molar-refractivity contribution in [2.75, 3.05) is 0 Å². The van der Waals surface area contributed by atoms with Crippen molar-refractivity contribution >= 4 is 46.4 Å². The number of imidazole rings is 1. The highest BCUT2D eigenvalue weighted by molar-refractivity contribution is 6.37. The van der Waals surface area contributed by atoms with Gasteiger partial charge in [0, 0.05) is 10.6 Å². The van der Waals surface area contributed by atoms with Crippen molar-refractivity contribution in [2.45, 2.75) is 38.4 Å². The average molecular weight is 611 g/mol. The lowest BCUT2D eigenvalue weighted by atomic mass is 10.1. The maximum Gasteiger partial charge on any atom is 0.416 e. The first-order valence-corrected chi connectivity index (χ1v) is 12.4. The molecule has 0 spiro atoms. The predicted molar refractivity (Wildman–Crippen MR) is 137 cm³/mol. The van der Waals surface area contributed by atoms with Crippen LogP contribution >= 0.6 is 46.4 Å². The summed E-state index contributed by atoms with van der Waals surface area (Å²) in [6.07, 6.45) is -8.95. The molecule has 38 heavy (non-hydrogen) atoms. The van der Waals surface area contributed by atoms with E-state index in [1.54, 1.807) is 18.2 Å². The Morgan fingerprint density at radius 2 is 1.58 bits per heavy atom. The van der Waals surface area contributed by atoms with E-state index in [0.717, 1.165) is 9.13 Å². The minimum absolute atomic E-state index is 0.0166. The second-order valence-corrected chi connectivity index (χ2v) is 9.84. The van der Waals surface area contributed by atoms with Crippen LogP contribution in [0.15, 0.2) is 47.3 Å². The van der Waals surface area contributed by atoms with Gasteiger partial charge in [-0.25, -0.2) is 14.5 Å².